The Bertz CT molecular complexity index is 590. The maximum absolute atomic E-state index is 12.3. The van der Waals surface area contributed by atoms with E-state index in [0.29, 0.717) is 26.1 Å². The molecule has 3 rings (SSSR count). The second-order valence-electron chi connectivity index (χ2n) is 6.74. The largest absolute Gasteiger partial charge is 0.492 e. The number of ether oxygens (including phenoxy) is 1. The van der Waals surface area contributed by atoms with Crippen LogP contribution in [0.1, 0.15) is 32.1 Å². The SMILES string of the molecule is Cl.NC1(C(=O)NC2CC(=O)N(CCOc3ccccc3)C2)CCCC1. The molecule has 0 radical (unpaired) electrons. The Labute approximate surface area is 154 Å². The lowest BCUT2D eigenvalue weighted by molar-refractivity contribution is -0.128. The Hall–Kier alpha value is -1.79. The molecule has 1 aromatic carbocycles. The van der Waals surface area contributed by atoms with Crippen molar-refractivity contribution < 1.29 is 14.3 Å². The third-order valence-electron chi connectivity index (χ3n) is 4.87. The molecule has 1 saturated heterocycles. The summed E-state index contributed by atoms with van der Waals surface area (Å²) in [6.07, 6.45) is 3.79. The standard InChI is InChI=1S/C18H25N3O3.ClH/c19-18(8-4-5-9-18)17(23)20-14-12-16(22)21(13-14)10-11-24-15-6-2-1-3-7-15;/h1-3,6-7,14H,4-5,8-13,19H2,(H,20,23);1H. The predicted molar refractivity (Wildman–Crippen MR) is 97.7 cm³/mol. The number of likely N-dealkylation sites (tertiary alicyclic amines) is 1. The monoisotopic (exact) mass is 367 g/mol. The third-order valence-corrected chi connectivity index (χ3v) is 4.87. The number of hydrogen-bond donors (Lipinski definition) is 2. The number of carbonyl (C=O) groups excluding carboxylic acids is 2. The van der Waals surface area contributed by atoms with Crippen LogP contribution in [0.15, 0.2) is 30.3 Å². The maximum atomic E-state index is 12.3. The van der Waals surface area contributed by atoms with Gasteiger partial charge in [0.05, 0.1) is 18.1 Å². The van der Waals surface area contributed by atoms with Crippen molar-refractivity contribution in [3.05, 3.63) is 30.3 Å². The zero-order valence-electron chi connectivity index (χ0n) is 14.3. The van der Waals surface area contributed by atoms with Crippen molar-refractivity contribution in [3.63, 3.8) is 0 Å². The minimum atomic E-state index is -0.743. The van der Waals surface area contributed by atoms with Crippen molar-refractivity contribution in [2.45, 2.75) is 43.7 Å². The van der Waals surface area contributed by atoms with Gasteiger partial charge in [0.25, 0.3) is 0 Å². The summed E-state index contributed by atoms with van der Waals surface area (Å²) in [5.41, 5.74) is 5.42. The van der Waals surface area contributed by atoms with Crippen molar-refractivity contribution in [2.75, 3.05) is 19.7 Å². The van der Waals surface area contributed by atoms with E-state index in [4.69, 9.17) is 10.5 Å². The van der Waals surface area contributed by atoms with Crippen LogP contribution in [0, 0.1) is 0 Å². The molecule has 2 amide bonds. The summed E-state index contributed by atoms with van der Waals surface area (Å²) in [7, 11) is 0. The smallest absolute Gasteiger partial charge is 0.240 e. The molecule has 0 bridgehead atoms. The van der Waals surface area contributed by atoms with Gasteiger partial charge < -0.3 is 20.7 Å². The molecule has 1 aliphatic carbocycles. The highest BCUT2D eigenvalue weighted by molar-refractivity contribution is 5.88. The Morgan fingerprint density at radius 1 is 1.28 bits per heavy atom. The second kappa shape index (κ2) is 8.54. The maximum Gasteiger partial charge on any atom is 0.240 e. The van der Waals surface area contributed by atoms with Gasteiger partial charge in [0.15, 0.2) is 0 Å². The molecule has 1 unspecified atom stereocenters. The second-order valence-corrected chi connectivity index (χ2v) is 6.74. The topological polar surface area (TPSA) is 84.7 Å². The first-order valence-corrected chi connectivity index (χ1v) is 8.62. The fourth-order valence-corrected chi connectivity index (χ4v) is 3.44. The highest BCUT2D eigenvalue weighted by Gasteiger charge is 2.39. The van der Waals surface area contributed by atoms with E-state index in [0.717, 1.165) is 31.4 Å². The molecular formula is C18H26ClN3O3. The first-order valence-electron chi connectivity index (χ1n) is 8.62. The zero-order valence-corrected chi connectivity index (χ0v) is 15.1. The molecule has 2 fully saturated rings. The van der Waals surface area contributed by atoms with Crippen molar-refractivity contribution in [2.24, 2.45) is 5.73 Å². The van der Waals surface area contributed by atoms with Crippen molar-refractivity contribution >= 4 is 24.2 Å². The van der Waals surface area contributed by atoms with Crippen molar-refractivity contribution in [1.82, 2.24) is 10.2 Å². The molecule has 1 atom stereocenters. The Morgan fingerprint density at radius 2 is 1.96 bits per heavy atom. The summed E-state index contributed by atoms with van der Waals surface area (Å²) in [6, 6.07) is 9.37. The van der Waals surface area contributed by atoms with Gasteiger partial charge in [-0.25, -0.2) is 0 Å². The molecule has 3 N–H and O–H groups in total. The molecule has 1 heterocycles. The van der Waals surface area contributed by atoms with Crippen LogP contribution in [0.4, 0.5) is 0 Å². The number of para-hydroxylation sites is 1. The lowest BCUT2D eigenvalue weighted by Crippen LogP contribution is -2.54. The number of amides is 2. The summed E-state index contributed by atoms with van der Waals surface area (Å²) < 4.78 is 5.63. The molecule has 0 spiro atoms. The average Bonchev–Trinajstić information content (AvgIpc) is 3.16. The van der Waals surface area contributed by atoms with Gasteiger partial charge in [-0.15, -0.1) is 12.4 Å². The van der Waals surface area contributed by atoms with Gasteiger partial charge in [-0.05, 0) is 25.0 Å². The number of nitrogens with one attached hydrogen (secondary N) is 1. The first kappa shape index (κ1) is 19.5. The Morgan fingerprint density at radius 3 is 2.64 bits per heavy atom. The first-order chi connectivity index (χ1) is 11.6. The number of nitrogens with two attached hydrogens (primary N) is 1. The highest BCUT2D eigenvalue weighted by Crippen LogP contribution is 2.27. The average molecular weight is 368 g/mol. The van der Waals surface area contributed by atoms with Crippen LogP contribution >= 0.6 is 12.4 Å². The van der Waals surface area contributed by atoms with Gasteiger partial charge in [0, 0.05) is 13.0 Å². The molecule has 0 aromatic heterocycles. The van der Waals surface area contributed by atoms with Crippen LogP contribution in [-0.4, -0.2) is 48.0 Å². The predicted octanol–water partition coefficient (Wildman–Crippen LogP) is 1.48. The molecular weight excluding hydrogens is 342 g/mol. The van der Waals surface area contributed by atoms with Gasteiger partial charge >= 0.3 is 0 Å². The van der Waals surface area contributed by atoms with Crippen LogP contribution < -0.4 is 15.8 Å². The number of benzene rings is 1. The van der Waals surface area contributed by atoms with Crippen LogP contribution in [0.5, 0.6) is 5.75 Å². The molecule has 2 aliphatic rings. The summed E-state index contributed by atoms with van der Waals surface area (Å²) in [5, 5.41) is 2.96. The summed E-state index contributed by atoms with van der Waals surface area (Å²) in [4.78, 5) is 26.2. The van der Waals surface area contributed by atoms with E-state index in [-0.39, 0.29) is 30.3 Å². The number of carbonyl (C=O) groups is 2. The van der Waals surface area contributed by atoms with Crippen LogP contribution in [-0.2, 0) is 9.59 Å². The van der Waals surface area contributed by atoms with Crippen LogP contribution in [0.25, 0.3) is 0 Å². The van der Waals surface area contributed by atoms with E-state index in [2.05, 4.69) is 5.32 Å². The van der Waals surface area contributed by atoms with E-state index in [1.807, 2.05) is 30.3 Å². The van der Waals surface area contributed by atoms with E-state index >= 15 is 0 Å². The van der Waals surface area contributed by atoms with E-state index < -0.39 is 5.54 Å². The lowest BCUT2D eigenvalue weighted by atomic mass is 9.97. The van der Waals surface area contributed by atoms with Crippen molar-refractivity contribution in [1.29, 1.82) is 0 Å². The summed E-state index contributed by atoms with van der Waals surface area (Å²) >= 11 is 0. The van der Waals surface area contributed by atoms with Gasteiger partial charge in [-0.3, -0.25) is 9.59 Å². The van der Waals surface area contributed by atoms with Gasteiger partial charge in [0.1, 0.15) is 12.4 Å². The molecule has 138 valence electrons. The lowest BCUT2D eigenvalue weighted by Gasteiger charge is -2.25. The highest BCUT2D eigenvalue weighted by atomic mass is 35.5. The van der Waals surface area contributed by atoms with Gasteiger partial charge in [0.2, 0.25) is 11.8 Å². The van der Waals surface area contributed by atoms with Crippen LogP contribution in [0.2, 0.25) is 0 Å². The quantitative estimate of drug-likeness (QED) is 0.797. The van der Waals surface area contributed by atoms with E-state index in [1.165, 1.54) is 0 Å². The summed E-state index contributed by atoms with van der Waals surface area (Å²) in [6.45, 7) is 1.49. The van der Waals surface area contributed by atoms with Gasteiger partial charge in [-0.2, -0.15) is 0 Å². The third kappa shape index (κ3) is 4.86. The molecule has 1 aliphatic heterocycles. The Kier molecular flexibility index (Phi) is 6.67. The number of halogens is 1. The zero-order chi connectivity index (χ0) is 17.0. The fraction of sp³-hybridized carbons (Fsp3) is 0.556. The number of nitrogens with zero attached hydrogens (tertiary/aromatic N) is 1. The normalized spacial score (nSPS) is 21.7. The molecule has 1 saturated carbocycles. The molecule has 6 nitrogen and oxygen atoms in total. The molecule has 7 heteroatoms. The van der Waals surface area contributed by atoms with Crippen LogP contribution in [0.3, 0.4) is 0 Å². The molecule has 1 aromatic rings. The number of rotatable bonds is 6. The Balaban J connectivity index is 0.00000225. The number of hydrogen-bond acceptors (Lipinski definition) is 4. The fourth-order valence-electron chi connectivity index (χ4n) is 3.44. The summed E-state index contributed by atoms with van der Waals surface area (Å²) in [5.74, 6) is 0.731. The van der Waals surface area contributed by atoms with E-state index in [9.17, 15) is 9.59 Å². The minimum Gasteiger partial charge on any atom is -0.492 e. The van der Waals surface area contributed by atoms with E-state index in [1.54, 1.807) is 4.90 Å². The molecule has 25 heavy (non-hydrogen) atoms. The minimum absolute atomic E-state index is 0. The van der Waals surface area contributed by atoms with Gasteiger partial charge in [-0.1, -0.05) is 31.0 Å². The van der Waals surface area contributed by atoms with Crippen molar-refractivity contribution in [3.8, 4) is 5.75 Å².